The minimum atomic E-state index is -0.653. The van der Waals surface area contributed by atoms with Gasteiger partial charge in [0.05, 0.1) is 10.5 Å². The van der Waals surface area contributed by atoms with Crippen LogP contribution in [0.2, 0.25) is 0 Å². The van der Waals surface area contributed by atoms with Gasteiger partial charge in [0.1, 0.15) is 11.7 Å². The van der Waals surface area contributed by atoms with E-state index in [1.165, 1.54) is 18.2 Å². The van der Waals surface area contributed by atoms with E-state index in [0.29, 0.717) is 13.0 Å². The van der Waals surface area contributed by atoms with Gasteiger partial charge in [-0.25, -0.2) is 0 Å². The standard InChI is InChI=1S/C12H14N4O4/c13-10-7(3-1-5-9(10)16(19)20)11(17)15-8-4-2-6-14-12(8)18/h1,3,5,8H,2,4,6,13H2,(H,14,18)(H,15,17). The Morgan fingerprint density at radius 1 is 1.50 bits per heavy atom. The average Bonchev–Trinajstić information content (AvgIpc) is 2.41. The maximum absolute atomic E-state index is 12.1. The SMILES string of the molecule is Nc1c(C(=O)NC2CCCNC2=O)cccc1[N+](=O)[O-]. The first kappa shape index (κ1) is 13.8. The largest absolute Gasteiger partial charge is 0.393 e. The van der Waals surface area contributed by atoms with Crippen molar-refractivity contribution in [1.29, 1.82) is 0 Å². The number of nitro groups is 1. The molecule has 1 aromatic rings. The topological polar surface area (TPSA) is 127 Å². The van der Waals surface area contributed by atoms with Crippen LogP contribution in [-0.2, 0) is 4.79 Å². The molecule has 8 nitrogen and oxygen atoms in total. The van der Waals surface area contributed by atoms with E-state index in [1.54, 1.807) is 0 Å². The number of anilines is 1. The van der Waals surface area contributed by atoms with Gasteiger partial charge in [0.25, 0.3) is 11.6 Å². The van der Waals surface area contributed by atoms with E-state index < -0.39 is 16.9 Å². The third-order valence-corrected chi connectivity index (χ3v) is 3.12. The normalized spacial score (nSPS) is 18.2. The average molecular weight is 278 g/mol. The molecule has 2 amide bonds. The Balaban J connectivity index is 2.19. The Morgan fingerprint density at radius 2 is 2.25 bits per heavy atom. The van der Waals surface area contributed by atoms with Crippen molar-refractivity contribution >= 4 is 23.2 Å². The van der Waals surface area contributed by atoms with E-state index in [1.807, 2.05) is 0 Å². The lowest BCUT2D eigenvalue weighted by atomic mass is 10.1. The van der Waals surface area contributed by atoms with Crippen molar-refractivity contribution in [2.75, 3.05) is 12.3 Å². The summed E-state index contributed by atoms with van der Waals surface area (Å²) in [5, 5.41) is 15.9. The Morgan fingerprint density at radius 3 is 2.90 bits per heavy atom. The van der Waals surface area contributed by atoms with E-state index in [2.05, 4.69) is 10.6 Å². The molecule has 0 radical (unpaired) electrons. The number of nitrogens with one attached hydrogen (secondary N) is 2. The van der Waals surface area contributed by atoms with E-state index in [-0.39, 0.29) is 22.8 Å². The number of nitrogens with two attached hydrogens (primary N) is 1. The number of hydrogen-bond acceptors (Lipinski definition) is 5. The second-order valence-electron chi connectivity index (χ2n) is 4.45. The van der Waals surface area contributed by atoms with Gasteiger partial charge in [0.2, 0.25) is 5.91 Å². The van der Waals surface area contributed by atoms with Crippen LogP contribution in [0.4, 0.5) is 11.4 Å². The van der Waals surface area contributed by atoms with Crippen LogP contribution >= 0.6 is 0 Å². The zero-order chi connectivity index (χ0) is 14.7. The summed E-state index contributed by atoms with van der Waals surface area (Å²) in [6.45, 7) is 0.587. The quantitative estimate of drug-likeness (QED) is 0.413. The highest BCUT2D eigenvalue weighted by molar-refractivity contribution is 6.03. The summed E-state index contributed by atoms with van der Waals surface area (Å²) in [5.41, 5.74) is 5.09. The molecule has 106 valence electrons. The molecule has 2 rings (SSSR count). The van der Waals surface area contributed by atoms with E-state index in [4.69, 9.17) is 5.73 Å². The summed E-state index contributed by atoms with van der Waals surface area (Å²) in [4.78, 5) is 33.7. The summed E-state index contributed by atoms with van der Waals surface area (Å²) in [6, 6.07) is 3.36. The molecule has 8 heteroatoms. The molecule has 1 heterocycles. The molecule has 1 aliphatic rings. The molecule has 1 aliphatic heterocycles. The predicted molar refractivity (Wildman–Crippen MR) is 71.0 cm³/mol. The molecule has 0 saturated carbocycles. The molecule has 4 N–H and O–H groups in total. The van der Waals surface area contributed by atoms with Crippen molar-refractivity contribution in [2.45, 2.75) is 18.9 Å². The summed E-state index contributed by atoms with van der Waals surface area (Å²) in [5.74, 6) is -0.846. The molecule has 0 spiro atoms. The number of piperidine rings is 1. The zero-order valence-corrected chi connectivity index (χ0v) is 10.6. The van der Waals surface area contributed by atoms with Crippen molar-refractivity contribution in [3.63, 3.8) is 0 Å². The monoisotopic (exact) mass is 278 g/mol. The molecule has 1 fully saturated rings. The van der Waals surface area contributed by atoms with Crippen LogP contribution in [0.1, 0.15) is 23.2 Å². The number of rotatable bonds is 3. The Labute approximate surface area is 114 Å². The van der Waals surface area contributed by atoms with Crippen LogP contribution < -0.4 is 16.4 Å². The van der Waals surface area contributed by atoms with Crippen LogP contribution in [0.25, 0.3) is 0 Å². The first-order valence-corrected chi connectivity index (χ1v) is 6.12. The van der Waals surface area contributed by atoms with E-state index in [9.17, 15) is 19.7 Å². The van der Waals surface area contributed by atoms with Gasteiger partial charge in [0, 0.05) is 12.6 Å². The molecule has 1 unspecified atom stereocenters. The lowest BCUT2D eigenvalue weighted by Gasteiger charge is -2.22. The number of benzene rings is 1. The number of carbonyl (C=O) groups excluding carboxylic acids is 2. The molecule has 0 aromatic heterocycles. The van der Waals surface area contributed by atoms with Crippen LogP contribution in [-0.4, -0.2) is 29.3 Å². The number of nitrogens with zero attached hydrogens (tertiary/aromatic N) is 1. The summed E-state index contributed by atoms with van der Waals surface area (Å²) in [6.07, 6.45) is 1.30. The van der Waals surface area contributed by atoms with Gasteiger partial charge in [-0.2, -0.15) is 0 Å². The van der Waals surface area contributed by atoms with E-state index in [0.717, 1.165) is 6.42 Å². The first-order valence-electron chi connectivity index (χ1n) is 6.12. The molecule has 1 atom stereocenters. The Kier molecular flexibility index (Phi) is 3.83. The minimum absolute atomic E-state index is 0.00225. The van der Waals surface area contributed by atoms with E-state index >= 15 is 0 Å². The highest BCUT2D eigenvalue weighted by Crippen LogP contribution is 2.24. The lowest BCUT2D eigenvalue weighted by Crippen LogP contribution is -2.50. The van der Waals surface area contributed by atoms with Crippen LogP contribution in [0.5, 0.6) is 0 Å². The fraction of sp³-hybridized carbons (Fsp3) is 0.333. The van der Waals surface area contributed by atoms with Crippen LogP contribution in [0.15, 0.2) is 18.2 Å². The van der Waals surface area contributed by atoms with Crippen LogP contribution in [0.3, 0.4) is 0 Å². The molecule has 1 saturated heterocycles. The van der Waals surface area contributed by atoms with Crippen molar-refractivity contribution in [3.8, 4) is 0 Å². The zero-order valence-electron chi connectivity index (χ0n) is 10.6. The number of nitro benzene ring substituents is 1. The van der Waals surface area contributed by atoms with Gasteiger partial charge in [-0.1, -0.05) is 6.07 Å². The van der Waals surface area contributed by atoms with Crippen molar-refractivity contribution < 1.29 is 14.5 Å². The van der Waals surface area contributed by atoms with Gasteiger partial charge in [0.15, 0.2) is 0 Å². The number of hydrogen-bond donors (Lipinski definition) is 3. The van der Waals surface area contributed by atoms with Crippen molar-refractivity contribution in [2.24, 2.45) is 0 Å². The number of nitrogen functional groups attached to an aromatic ring is 1. The summed E-state index contributed by atoms with van der Waals surface area (Å²) < 4.78 is 0. The van der Waals surface area contributed by atoms with Crippen molar-refractivity contribution in [3.05, 3.63) is 33.9 Å². The second kappa shape index (κ2) is 5.55. The number of carbonyl (C=O) groups is 2. The maximum Gasteiger partial charge on any atom is 0.292 e. The second-order valence-corrected chi connectivity index (χ2v) is 4.45. The maximum atomic E-state index is 12.1. The third kappa shape index (κ3) is 2.68. The van der Waals surface area contributed by atoms with Crippen LogP contribution in [0, 0.1) is 10.1 Å². The number of para-hydroxylation sites is 1. The fourth-order valence-electron chi connectivity index (χ4n) is 2.06. The fourth-order valence-corrected chi connectivity index (χ4v) is 2.06. The number of amides is 2. The van der Waals surface area contributed by atoms with Gasteiger partial charge in [-0.3, -0.25) is 19.7 Å². The third-order valence-electron chi connectivity index (χ3n) is 3.12. The molecule has 0 bridgehead atoms. The summed E-state index contributed by atoms with van der Waals surface area (Å²) in [7, 11) is 0. The highest BCUT2D eigenvalue weighted by Gasteiger charge is 2.26. The van der Waals surface area contributed by atoms with Gasteiger partial charge in [-0.15, -0.1) is 0 Å². The molecule has 0 aliphatic carbocycles. The van der Waals surface area contributed by atoms with Gasteiger partial charge < -0.3 is 16.4 Å². The molecule has 20 heavy (non-hydrogen) atoms. The smallest absolute Gasteiger partial charge is 0.292 e. The van der Waals surface area contributed by atoms with Crippen molar-refractivity contribution in [1.82, 2.24) is 10.6 Å². The first-order chi connectivity index (χ1) is 9.50. The molecular weight excluding hydrogens is 264 g/mol. The Hall–Kier alpha value is -2.64. The molecule has 1 aromatic carbocycles. The predicted octanol–water partition coefficient (Wildman–Crippen LogP) is 0.185. The Bertz CT molecular complexity index is 573. The lowest BCUT2D eigenvalue weighted by molar-refractivity contribution is -0.383. The van der Waals surface area contributed by atoms with Gasteiger partial charge >= 0.3 is 0 Å². The highest BCUT2D eigenvalue weighted by atomic mass is 16.6. The molecular formula is C12H14N4O4. The summed E-state index contributed by atoms with van der Waals surface area (Å²) >= 11 is 0. The van der Waals surface area contributed by atoms with Gasteiger partial charge in [-0.05, 0) is 18.9 Å². The minimum Gasteiger partial charge on any atom is -0.393 e.